The minimum absolute atomic E-state index is 0.0386. The lowest BCUT2D eigenvalue weighted by atomic mass is 9.95. The largest absolute Gasteiger partial charge is 0.366 e. The Bertz CT molecular complexity index is 1090. The van der Waals surface area contributed by atoms with Crippen LogP contribution >= 0.6 is 0 Å². The van der Waals surface area contributed by atoms with E-state index in [2.05, 4.69) is 14.9 Å². The van der Waals surface area contributed by atoms with E-state index in [0.717, 1.165) is 43.0 Å². The molecule has 6 nitrogen and oxygen atoms in total. The van der Waals surface area contributed by atoms with Crippen LogP contribution in [0.5, 0.6) is 0 Å². The molecule has 0 bridgehead atoms. The molecule has 0 radical (unpaired) electrons. The Hall–Kier alpha value is -3.48. The van der Waals surface area contributed by atoms with E-state index in [4.69, 9.17) is 0 Å². The first-order valence-electron chi connectivity index (χ1n) is 11.6. The van der Waals surface area contributed by atoms with Crippen LogP contribution in [0.15, 0.2) is 67.0 Å². The van der Waals surface area contributed by atoms with Crippen molar-refractivity contribution in [3.05, 3.63) is 72.8 Å². The number of piperazine rings is 1. The molecule has 0 spiro atoms. The molecule has 2 fully saturated rings. The summed E-state index contributed by atoms with van der Waals surface area (Å²) in [4.78, 5) is 28.3. The number of carbonyl (C=O) groups excluding carboxylic acids is 1. The van der Waals surface area contributed by atoms with Crippen molar-refractivity contribution in [3.63, 3.8) is 0 Å². The number of benzene rings is 2. The van der Waals surface area contributed by atoms with Crippen molar-refractivity contribution in [2.75, 3.05) is 49.1 Å². The summed E-state index contributed by atoms with van der Waals surface area (Å²) < 4.78 is 14.1. The number of piperidine rings is 1. The van der Waals surface area contributed by atoms with Crippen LogP contribution in [-0.2, 0) is 4.79 Å². The predicted octanol–water partition coefficient (Wildman–Crippen LogP) is 3.85. The van der Waals surface area contributed by atoms with Crippen LogP contribution in [0, 0.1) is 11.7 Å². The lowest BCUT2D eigenvalue weighted by Gasteiger charge is -2.39. The van der Waals surface area contributed by atoms with Gasteiger partial charge in [-0.25, -0.2) is 14.4 Å². The molecule has 0 N–H and O–H groups in total. The monoisotopic (exact) mass is 445 g/mol. The van der Waals surface area contributed by atoms with E-state index in [1.54, 1.807) is 18.5 Å². The van der Waals surface area contributed by atoms with Gasteiger partial charge in [0.05, 0.1) is 11.4 Å². The zero-order valence-corrected chi connectivity index (χ0v) is 18.6. The Morgan fingerprint density at radius 1 is 0.818 bits per heavy atom. The van der Waals surface area contributed by atoms with Crippen LogP contribution in [-0.4, -0.2) is 60.0 Å². The minimum Gasteiger partial charge on any atom is -0.366 e. The molecular weight excluding hydrogens is 417 g/mol. The average molecular weight is 446 g/mol. The second-order valence-corrected chi connectivity index (χ2v) is 8.65. The van der Waals surface area contributed by atoms with Crippen molar-refractivity contribution in [1.29, 1.82) is 0 Å². The molecular formula is C26H28FN5O. The first-order valence-corrected chi connectivity index (χ1v) is 11.6. The fourth-order valence-electron chi connectivity index (χ4n) is 4.78. The summed E-state index contributed by atoms with van der Waals surface area (Å²) in [6, 6.07) is 19.0. The van der Waals surface area contributed by atoms with E-state index < -0.39 is 0 Å². The number of halogens is 1. The number of anilines is 2. The van der Waals surface area contributed by atoms with Gasteiger partial charge in [0.2, 0.25) is 5.91 Å². The van der Waals surface area contributed by atoms with Crippen LogP contribution in [0.2, 0.25) is 0 Å². The van der Waals surface area contributed by atoms with E-state index in [9.17, 15) is 9.18 Å². The lowest BCUT2D eigenvalue weighted by molar-refractivity contribution is -0.136. The highest BCUT2D eigenvalue weighted by atomic mass is 19.1. The van der Waals surface area contributed by atoms with Crippen molar-refractivity contribution in [2.24, 2.45) is 5.92 Å². The molecule has 33 heavy (non-hydrogen) atoms. The topological polar surface area (TPSA) is 52.6 Å². The van der Waals surface area contributed by atoms with E-state index in [1.165, 1.54) is 6.07 Å². The SMILES string of the molecule is O=C(C1CCN(c2cc(-c3ccccc3)ncn2)CC1)N1CCN(c2ccccc2F)CC1. The maximum Gasteiger partial charge on any atom is 0.225 e. The number of aromatic nitrogens is 2. The molecule has 0 atom stereocenters. The quantitative estimate of drug-likeness (QED) is 0.611. The zero-order chi connectivity index (χ0) is 22.6. The van der Waals surface area contributed by atoms with Crippen LogP contribution in [0.1, 0.15) is 12.8 Å². The van der Waals surface area contributed by atoms with Gasteiger partial charge in [-0.05, 0) is 25.0 Å². The maximum absolute atomic E-state index is 14.1. The highest BCUT2D eigenvalue weighted by Crippen LogP contribution is 2.27. The second-order valence-electron chi connectivity index (χ2n) is 8.65. The number of carbonyl (C=O) groups is 1. The number of hydrogen-bond acceptors (Lipinski definition) is 5. The van der Waals surface area contributed by atoms with Crippen molar-refractivity contribution in [1.82, 2.24) is 14.9 Å². The molecule has 0 saturated carbocycles. The van der Waals surface area contributed by atoms with Crippen molar-refractivity contribution in [2.45, 2.75) is 12.8 Å². The molecule has 1 amide bonds. The summed E-state index contributed by atoms with van der Waals surface area (Å²) >= 11 is 0. The van der Waals surface area contributed by atoms with Crippen LogP contribution in [0.25, 0.3) is 11.3 Å². The summed E-state index contributed by atoms with van der Waals surface area (Å²) in [7, 11) is 0. The summed E-state index contributed by atoms with van der Waals surface area (Å²) in [5.41, 5.74) is 2.60. The van der Waals surface area contributed by atoms with Gasteiger partial charge in [0.25, 0.3) is 0 Å². The summed E-state index contributed by atoms with van der Waals surface area (Å²) in [5, 5.41) is 0. The molecule has 5 rings (SSSR count). The average Bonchev–Trinajstić information content (AvgIpc) is 2.89. The van der Waals surface area contributed by atoms with Gasteiger partial charge >= 0.3 is 0 Å². The van der Waals surface area contributed by atoms with Gasteiger partial charge in [-0.1, -0.05) is 42.5 Å². The lowest BCUT2D eigenvalue weighted by Crippen LogP contribution is -2.52. The summed E-state index contributed by atoms with van der Waals surface area (Å²) in [6.45, 7) is 4.20. The first kappa shape index (κ1) is 21.4. The van der Waals surface area contributed by atoms with Gasteiger partial charge in [0.1, 0.15) is 18.0 Å². The molecule has 0 unspecified atom stereocenters. The fourth-order valence-corrected chi connectivity index (χ4v) is 4.78. The van der Waals surface area contributed by atoms with E-state index in [0.29, 0.717) is 31.9 Å². The molecule has 0 aliphatic carbocycles. The van der Waals surface area contributed by atoms with E-state index in [1.807, 2.05) is 52.3 Å². The standard InChI is InChI=1S/C26H28FN5O/c27-22-8-4-5-9-24(22)30-14-16-32(17-15-30)26(33)21-10-12-31(13-11-21)25-18-23(28-19-29-25)20-6-2-1-3-7-20/h1-9,18-19,21H,10-17H2. The van der Waals surface area contributed by atoms with Crippen LogP contribution < -0.4 is 9.80 Å². The Balaban J connectivity index is 1.16. The molecule has 3 heterocycles. The Labute approximate surface area is 193 Å². The van der Waals surface area contributed by atoms with Gasteiger partial charge in [0, 0.05) is 56.8 Å². The Morgan fingerprint density at radius 2 is 1.52 bits per heavy atom. The van der Waals surface area contributed by atoms with Gasteiger partial charge in [-0.2, -0.15) is 0 Å². The van der Waals surface area contributed by atoms with Gasteiger partial charge in [-0.3, -0.25) is 4.79 Å². The normalized spacial score (nSPS) is 17.3. The van der Waals surface area contributed by atoms with Crippen molar-refractivity contribution < 1.29 is 9.18 Å². The highest BCUT2D eigenvalue weighted by Gasteiger charge is 2.31. The van der Waals surface area contributed by atoms with Crippen molar-refractivity contribution in [3.8, 4) is 11.3 Å². The predicted molar refractivity (Wildman–Crippen MR) is 128 cm³/mol. The van der Waals surface area contributed by atoms with Gasteiger partial charge < -0.3 is 14.7 Å². The third-order valence-electron chi connectivity index (χ3n) is 6.67. The molecule has 2 saturated heterocycles. The number of nitrogens with zero attached hydrogens (tertiary/aromatic N) is 5. The fraction of sp³-hybridized carbons (Fsp3) is 0.346. The molecule has 1 aromatic heterocycles. The third-order valence-corrected chi connectivity index (χ3v) is 6.67. The summed E-state index contributed by atoms with van der Waals surface area (Å²) in [5.74, 6) is 0.977. The smallest absolute Gasteiger partial charge is 0.225 e. The maximum atomic E-state index is 14.1. The number of rotatable bonds is 4. The van der Waals surface area contributed by atoms with Crippen LogP contribution in [0.3, 0.4) is 0 Å². The Kier molecular flexibility index (Phi) is 6.19. The zero-order valence-electron chi connectivity index (χ0n) is 18.6. The van der Waals surface area contributed by atoms with E-state index in [-0.39, 0.29) is 17.6 Å². The molecule has 2 aromatic carbocycles. The minimum atomic E-state index is -0.204. The molecule has 170 valence electrons. The molecule has 2 aliphatic heterocycles. The van der Waals surface area contributed by atoms with E-state index >= 15 is 0 Å². The molecule has 3 aromatic rings. The van der Waals surface area contributed by atoms with Crippen molar-refractivity contribution >= 4 is 17.4 Å². The van der Waals surface area contributed by atoms with Gasteiger partial charge in [-0.15, -0.1) is 0 Å². The first-order chi connectivity index (χ1) is 16.2. The second kappa shape index (κ2) is 9.57. The number of amides is 1. The molecule has 2 aliphatic rings. The van der Waals surface area contributed by atoms with Crippen LogP contribution in [0.4, 0.5) is 15.9 Å². The van der Waals surface area contributed by atoms with Gasteiger partial charge in [0.15, 0.2) is 0 Å². The number of hydrogen-bond donors (Lipinski definition) is 0. The summed E-state index contributed by atoms with van der Waals surface area (Å²) in [6.07, 6.45) is 3.25. The number of para-hydroxylation sites is 1. The Morgan fingerprint density at radius 3 is 2.24 bits per heavy atom. The molecule has 7 heteroatoms. The third kappa shape index (κ3) is 4.67. The highest BCUT2D eigenvalue weighted by molar-refractivity contribution is 5.79.